The van der Waals surface area contributed by atoms with Crippen LogP contribution in [0.2, 0.25) is 0 Å². The van der Waals surface area contributed by atoms with Gasteiger partial charge in [0.25, 0.3) is 0 Å². The Morgan fingerprint density at radius 2 is 2.16 bits per heavy atom. The van der Waals surface area contributed by atoms with Gasteiger partial charge in [0.1, 0.15) is 5.54 Å². The number of fused-ring (bicyclic) bond motifs is 1. The molecule has 1 unspecified atom stereocenters. The van der Waals surface area contributed by atoms with Crippen LogP contribution in [0.25, 0.3) is 0 Å². The van der Waals surface area contributed by atoms with Crippen molar-refractivity contribution in [2.45, 2.75) is 37.6 Å². The molecule has 0 saturated carbocycles. The van der Waals surface area contributed by atoms with Gasteiger partial charge in [-0.1, -0.05) is 12.1 Å². The molecule has 1 heterocycles. The second-order valence-electron chi connectivity index (χ2n) is 5.56. The molecule has 1 fully saturated rings. The Bertz CT molecular complexity index is 493. The van der Waals surface area contributed by atoms with Crippen molar-refractivity contribution in [3.05, 3.63) is 29.3 Å². The number of benzene rings is 1. The first kappa shape index (κ1) is 12.6. The molecule has 102 valence electrons. The first-order valence-electron chi connectivity index (χ1n) is 6.98. The maximum atomic E-state index is 12.3. The quantitative estimate of drug-likeness (QED) is 0.849. The van der Waals surface area contributed by atoms with Crippen molar-refractivity contribution in [3.63, 3.8) is 0 Å². The monoisotopic (exact) mass is 260 g/mol. The summed E-state index contributed by atoms with van der Waals surface area (Å²) >= 11 is 0. The van der Waals surface area contributed by atoms with Gasteiger partial charge in [0.15, 0.2) is 0 Å². The number of hydrogen-bond donors (Lipinski definition) is 2. The van der Waals surface area contributed by atoms with Crippen LogP contribution in [0.3, 0.4) is 0 Å². The summed E-state index contributed by atoms with van der Waals surface area (Å²) < 4.78 is 5.25. The van der Waals surface area contributed by atoms with E-state index in [-0.39, 0.29) is 5.91 Å². The molecule has 1 saturated heterocycles. The van der Waals surface area contributed by atoms with E-state index in [9.17, 15) is 4.79 Å². The summed E-state index contributed by atoms with van der Waals surface area (Å²) in [5, 5.41) is 3.01. The lowest BCUT2D eigenvalue weighted by Crippen LogP contribution is -2.51. The Balaban J connectivity index is 1.82. The second-order valence-corrected chi connectivity index (χ2v) is 5.56. The minimum Gasteiger partial charge on any atom is -0.379 e. The normalized spacial score (nSPS) is 25.9. The molecular formula is C15H20N2O2. The standard InChI is InChI=1S/C15H20N2O2/c16-15(8-9-19-10-15)14(18)17-13-7-3-5-11-4-1-2-6-12(11)13/h3,5,7H,1-2,4,6,8-10,16H2,(H,17,18). The van der Waals surface area contributed by atoms with E-state index < -0.39 is 5.54 Å². The fourth-order valence-electron chi connectivity index (χ4n) is 2.91. The highest BCUT2D eigenvalue weighted by molar-refractivity contribution is 5.99. The number of anilines is 1. The molecule has 1 amide bonds. The number of ether oxygens (including phenoxy) is 1. The molecule has 4 nitrogen and oxygen atoms in total. The molecular weight excluding hydrogens is 240 g/mol. The van der Waals surface area contributed by atoms with Gasteiger partial charge in [0, 0.05) is 12.3 Å². The topological polar surface area (TPSA) is 64.4 Å². The van der Waals surface area contributed by atoms with Crippen molar-refractivity contribution < 1.29 is 9.53 Å². The molecule has 1 aromatic carbocycles. The lowest BCUT2D eigenvalue weighted by Gasteiger charge is -2.24. The first-order chi connectivity index (χ1) is 9.19. The molecule has 0 bridgehead atoms. The van der Waals surface area contributed by atoms with Crippen LogP contribution in [0.1, 0.15) is 30.4 Å². The van der Waals surface area contributed by atoms with Crippen LogP contribution in [0.4, 0.5) is 5.69 Å². The first-order valence-corrected chi connectivity index (χ1v) is 6.98. The van der Waals surface area contributed by atoms with E-state index in [1.54, 1.807) is 0 Å². The molecule has 0 aromatic heterocycles. The van der Waals surface area contributed by atoms with Gasteiger partial charge in [-0.05, 0) is 49.3 Å². The van der Waals surface area contributed by atoms with Crippen molar-refractivity contribution in [2.75, 3.05) is 18.5 Å². The number of nitrogens with one attached hydrogen (secondary N) is 1. The second kappa shape index (κ2) is 4.94. The highest BCUT2D eigenvalue weighted by Crippen LogP contribution is 2.28. The summed E-state index contributed by atoms with van der Waals surface area (Å²) in [5.41, 5.74) is 8.80. The van der Waals surface area contributed by atoms with Gasteiger partial charge < -0.3 is 15.8 Å². The summed E-state index contributed by atoms with van der Waals surface area (Å²) in [5.74, 6) is -0.121. The molecule has 0 radical (unpaired) electrons. The van der Waals surface area contributed by atoms with Gasteiger partial charge in [-0.3, -0.25) is 4.79 Å². The zero-order valence-electron chi connectivity index (χ0n) is 11.1. The van der Waals surface area contributed by atoms with Crippen molar-refractivity contribution in [1.29, 1.82) is 0 Å². The molecule has 0 spiro atoms. The number of carbonyl (C=O) groups is 1. The van der Waals surface area contributed by atoms with Crippen molar-refractivity contribution in [3.8, 4) is 0 Å². The number of amides is 1. The maximum absolute atomic E-state index is 12.3. The minimum atomic E-state index is -0.864. The van der Waals surface area contributed by atoms with E-state index in [2.05, 4.69) is 11.4 Å². The van der Waals surface area contributed by atoms with Gasteiger partial charge in [0.2, 0.25) is 5.91 Å². The molecule has 4 heteroatoms. The third kappa shape index (κ3) is 2.38. The minimum absolute atomic E-state index is 0.121. The summed E-state index contributed by atoms with van der Waals surface area (Å²) in [7, 11) is 0. The third-order valence-corrected chi connectivity index (χ3v) is 4.15. The maximum Gasteiger partial charge on any atom is 0.246 e. The highest BCUT2D eigenvalue weighted by Gasteiger charge is 2.38. The van der Waals surface area contributed by atoms with Crippen LogP contribution >= 0.6 is 0 Å². The molecule has 1 atom stereocenters. The zero-order valence-corrected chi connectivity index (χ0v) is 11.1. The summed E-state index contributed by atoms with van der Waals surface area (Å²) in [4.78, 5) is 12.3. The van der Waals surface area contributed by atoms with Gasteiger partial charge in [-0.25, -0.2) is 0 Å². The number of aryl methyl sites for hydroxylation is 1. The van der Waals surface area contributed by atoms with Crippen molar-refractivity contribution in [2.24, 2.45) is 5.73 Å². The number of carbonyl (C=O) groups excluding carboxylic acids is 1. The lowest BCUT2D eigenvalue weighted by atomic mass is 9.90. The van der Waals surface area contributed by atoms with Crippen LogP contribution in [-0.2, 0) is 22.4 Å². The van der Waals surface area contributed by atoms with Crippen LogP contribution in [0.5, 0.6) is 0 Å². The van der Waals surface area contributed by atoms with E-state index in [1.165, 1.54) is 24.0 Å². The van der Waals surface area contributed by atoms with Gasteiger partial charge in [-0.2, -0.15) is 0 Å². The Kier molecular flexibility index (Phi) is 3.29. The predicted octanol–water partition coefficient (Wildman–Crippen LogP) is 1.62. The summed E-state index contributed by atoms with van der Waals surface area (Å²) in [6, 6.07) is 6.14. The lowest BCUT2D eigenvalue weighted by molar-refractivity contribution is -0.121. The fourth-order valence-corrected chi connectivity index (χ4v) is 2.91. The number of nitrogens with two attached hydrogens (primary N) is 1. The Labute approximate surface area is 113 Å². The van der Waals surface area contributed by atoms with Gasteiger partial charge in [0.05, 0.1) is 6.61 Å². The Morgan fingerprint density at radius 3 is 2.95 bits per heavy atom. The fraction of sp³-hybridized carbons (Fsp3) is 0.533. The zero-order chi connectivity index (χ0) is 13.3. The van der Waals surface area contributed by atoms with E-state index in [1.807, 2.05) is 12.1 Å². The summed E-state index contributed by atoms with van der Waals surface area (Å²) in [6.07, 6.45) is 5.17. The molecule has 3 rings (SSSR count). The third-order valence-electron chi connectivity index (χ3n) is 4.15. The van der Waals surface area contributed by atoms with Gasteiger partial charge in [-0.15, -0.1) is 0 Å². The van der Waals surface area contributed by atoms with Crippen LogP contribution < -0.4 is 11.1 Å². The molecule has 1 aliphatic heterocycles. The van der Waals surface area contributed by atoms with Crippen LogP contribution in [-0.4, -0.2) is 24.7 Å². The molecule has 2 aliphatic rings. The SMILES string of the molecule is NC1(C(=O)Nc2cccc3c2CCCC3)CCOC1. The average molecular weight is 260 g/mol. The average Bonchev–Trinajstić information content (AvgIpc) is 2.87. The predicted molar refractivity (Wildman–Crippen MR) is 74.1 cm³/mol. The van der Waals surface area contributed by atoms with E-state index in [0.29, 0.717) is 19.6 Å². The molecule has 1 aliphatic carbocycles. The molecule has 3 N–H and O–H groups in total. The summed E-state index contributed by atoms with van der Waals surface area (Å²) in [6.45, 7) is 0.880. The Hall–Kier alpha value is -1.39. The highest BCUT2D eigenvalue weighted by atomic mass is 16.5. The van der Waals surface area contributed by atoms with Gasteiger partial charge >= 0.3 is 0 Å². The number of hydrogen-bond acceptors (Lipinski definition) is 3. The van der Waals surface area contributed by atoms with Crippen molar-refractivity contribution >= 4 is 11.6 Å². The number of rotatable bonds is 2. The van der Waals surface area contributed by atoms with E-state index in [0.717, 1.165) is 18.5 Å². The van der Waals surface area contributed by atoms with Crippen molar-refractivity contribution in [1.82, 2.24) is 0 Å². The largest absolute Gasteiger partial charge is 0.379 e. The van der Waals surface area contributed by atoms with Crippen LogP contribution in [0.15, 0.2) is 18.2 Å². The van der Waals surface area contributed by atoms with E-state index in [4.69, 9.17) is 10.5 Å². The van der Waals surface area contributed by atoms with Crippen LogP contribution in [0, 0.1) is 0 Å². The molecule has 1 aromatic rings. The Morgan fingerprint density at radius 1 is 1.32 bits per heavy atom. The smallest absolute Gasteiger partial charge is 0.246 e. The van der Waals surface area contributed by atoms with E-state index >= 15 is 0 Å². The molecule has 19 heavy (non-hydrogen) atoms.